The zero-order chi connectivity index (χ0) is 24.3. The quantitative estimate of drug-likeness (QED) is 0.544. The van der Waals surface area contributed by atoms with E-state index in [-0.39, 0.29) is 11.5 Å². The van der Waals surface area contributed by atoms with Gasteiger partial charge in [0.05, 0.1) is 27.2 Å². The van der Waals surface area contributed by atoms with E-state index in [1.54, 1.807) is 14.2 Å². The molecule has 4 rings (SSSR count). The number of hydrogen-bond acceptors (Lipinski definition) is 6. The fraction of sp³-hybridized carbons (Fsp3) is 0.750. The first-order valence-electron chi connectivity index (χ1n) is 13.2. The van der Waals surface area contributed by atoms with Crippen molar-refractivity contribution in [1.82, 2.24) is 4.90 Å². The number of carbonyl (C=O) groups is 1. The van der Waals surface area contributed by atoms with Crippen LogP contribution in [0.4, 0.5) is 0 Å². The highest BCUT2D eigenvalue weighted by molar-refractivity contribution is 5.71. The Morgan fingerprint density at radius 2 is 1.82 bits per heavy atom. The number of hydrogen-bond donors (Lipinski definition) is 1. The molecule has 190 valence electrons. The van der Waals surface area contributed by atoms with Crippen LogP contribution in [0.25, 0.3) is 0 Å². The van der Waals surface area contributed by atoms with Crippen LogP contribution < -0.4 is 15.2 Å². The lowest BCUT2D eigenvalue weighted by Crippen LogP contribution is -2.48. The number of nitrogens with zero attached hydrogens (tertiary/aromatic N) is 1. The smallest absolute Gasteiger partial charge is 0.307 e. The third-order valence-corrected chi connectivity index (χ3v) is 8.35. The fourth-order valence-corrected chi connectivity index (χ4v) is 6.55. The summed E-state index contributed by atoms with van der Waals surface area (Å²) in [7, 11) is 3.39. The van der Waals surface area contributed by atoms with Crippen LogP contribution >= 0.6 is 0 Å². The van der Waals surface area contributed by atoms with Crippen LogP contribution in [0.1, 0.15) is 82.4 Å². The Kier molecular flexibility index (Phi) is 8.08. The summed E-state index contributed by atoms with van der Waals surface area (Å²) < 4.78 is 17.1. The molecule has 2 N–H and O–H groups in total. The number of fused-ring (bicyclic) bond motifs is 3. The van der Waals surface area contributed by atoms with Gasteiger partial charge in [-0.05, 0) is 73.1 Å². The molecule has 0 aromatic heterocycles. The summed E-state index contributed by atoms with van der Waals surface area (Å²) in [5.41, 5.74) is 8.84. The van der Waals surface area contributed by atoms with Crippen LogP contribution in [0.5, 0.6) is 11.5 Å². The predicted molar refractivity (Wildman–Crippen MR) is 134 cm³/mol. The highest BCUT2D eigenvalue weighted by Crippen LogP contribution is 2.45. The second-order valence-corrected chi connectivity index (χ2v) is 11.3. The number of piperidine rings is 1. The van der Waals surface area contributed by atoms with Gasteiger partial charge in [-0.2, -0.15) is 0 Å². The summed E-state index contributed by atoms with van der Waals surface area (Å²) >= 11 is 0. The maximum Gasteiger partial charge on any atom is 0.307 e. The summed E-state index contributed by atoms with van der Waals surface area (Å²) in [6.45, 7) is 7.20. The van der Waals surface area contributed by atoms with E-state index in [1.165, 1.54) is 17.5 Å². The predicted octanol–water partition coefficient (Wildman–Crippen LogP) is 4.88. The standard InChI is InChI=1S/C28H44N2O4/c1-19(2)12-21-17-30-11-8-20-14-25(32-3)26(33-4)15-23(20)24(30)13-22(21)18-34-27(31)16-28(29)9-6-5-7-10-28/h14-15,19,21-22,24H,5-13,16-18,29H2,1-4H3/t21-,22+,24-/m1/s1. The van der Waals surface area contributed by atoms with E-state index in [0.717, 1.165) is 69.5 Å². The lowest BCUT2D eigenvalue weighted by molar-refractivity contribution is -0.148. The summed E-state index contributed by atoms with van der Waals surface area (Å²) in [5, 5.41) is 0. The molecule has 1 aliphatic carbocycles. The summed E-state index contributed by atoms with van der Waals surface area (Å²) in [6, 6.07) is 4.64. The van der Waals surface area contributed by atoms with Gasteiger partial charge in [-0.1, -0.05) is 33.1 Å². The van der Waals surface area contributed by atoms with Gasteiger partial charge >= 0.3 is 5.97 Å². The van der Waals surface area contributed by atoms with Crippen molar-refractivity contribution in [3.63, 3.8) is 0 Å². The Labute approximate surface area is 205 Å². The molecular weight excluding hydrogens is 428 g/mol. The highest BCUT2D eigenvalue weighted by Gasteiger charge is 2.40. The fourth-order valence-electron chi connectivity index (χ4n) is 6.55. The van der Waals surface area contributed by atoms with Crippen molar-refractivity contribution in [1.29, 1.82) is 0 Å². The molecule has 1 saturated heterocycles. The van der Waals surface area contributed by atoms with Gasteiger partial charge in [-0.15, -0.1) is 0 Å². The Morgan fingerprint density at radius 3 is 2.50 bits per heavy atom. The van der Waals surface area contributed by atoms with Crippen LogP contribution in [0.3, 0.4) is 0 Å². The maximum absolute atomic E-state index is 12.8. The lowest BCUT2D eigenvalue weighted by Gasteiger charge is -2.47. The van der Waals surface area contributed by atoms with Gasteiger partial charge in [0.25, 0.3) is 0 Å². The number of ether oxygens (including phenoxy) is 3. The van der Waals surface area contributed by atoms with Gasteiger partial charge in [0, 0.05) is 24.7 Å². The third-order valence-electron chi connectivity index (χ3n) is 8.35. The molecule has 34 heavy (non-hydrogen) atoms. The Balaban J connectivity index is 1.48. The highest BCUT2D eigenvalue weighted by atomic mass is 16.5. The zero-order valence-corrected chi connectivity index (χ0v) is 21.6. The summed E-state index contributed by atoms with van der Waals surface area (Å²) in [4.78, 5) is 15.4. The second kappa shape index (κ2) is 10.9. The minimum atomic E-state index is -0.367. The van der Waals surface area contributed by atoms with Gasteiger partial charge in [0.15, 0.2) is 11.5 Å². The average Bonchev–Trinajstić information content (AvgIpc) is 2.81. The first-order valence-corrected chi connectivity index (χ1v) is 13.2. The molecule has 3 aliphatic rings. The minimum Gasteiger partial charge on any atom is -0.493 e. The molecule has 1 aromatic carbocycles. The largest absolute Gasteiger partial charge is 0.493 e. The van der Waals surface area contributed by atoms with Crippen molar-refractivity contribution in [2.45, 2.75) is 83.2 Å². The van der Waals surface area contributed by atoms with Crippen molar-refractivity contribution in [3.8, 4) is 11.5 Å². The van der Waals surface area contributed by atoms with Crippen molar-refractivity contribution in [3.05, 3.63) is 23.3 Å². The molecule has 0 bridgehead atoms. The molecule has 2 fully saturated rings. The van der Waals surface area contributed by atoms with E-state index in [0.29, 0.717) is 36.8 Å². The number of carbonyl (C=O) groups excluding carboxylic acids is 1. The van der Waals surface area contributed by atoms with Gasteiger partial charge in [0.1, 0.15) is 0 Å². The van der Waals surface area contributed by atoms with E-state index in [9.17, 15) is 4.79 Å². The normalized spacial score (nSPS) is 26.5. The summed E-state index contributed by atoms with van der Waals surface area (Å²) in [6.07, 6.45) is 8.86. The Bertz CT molecular complexity index is 849. The molecule has 6 nitrogen and oxygen atoms in total. The van der Waals surface area contributed by atoms with E-state index in [4.69, 9.17) is 19.9 Å². The van der Waals surface area contributed by atoms with Crippen molar-refractivity contribution in [2.75, 3.05) is 33.9 Å². The van der Waals surface area contributed by atoms with E-state index in [1.807, 2.05) is 0 Å². The van der Waals surface area contributed by atoms with Crippen molar-refractivity contribution in [2.24, 2.45) is 23.5 Å². The molecule has 2 heterocycles. The lowest BCUT2D eigenvalue weighted by atomic mass is 9.74. The van der Waals surface area contributed by atoms with Crippen LogP contribution in [-0.4, -0.2) is 50.3 Å². The molecule has 1 aromatic rings. The number of nitrogens with two attached hydrogens (primary N) is 1. The van der Waals surface area contributed by atoms with Crippen molar-refractivity contribution < 1.29 is 19.0 Å². The molecule has 0 spiro atoms. The average molecular weight is 473 g/mol. The van der Waals surface area contributed by atoms with E-state index < -0.39 is 0 Å². The minimum absolute atomic E-state index is 0.120. The molecule has 2 aliphatic heterocycles. The maximum atomic E-state index is 12.8. The first-order chi connectivity index (χ1) is 16.3. The Hall–Kier alpha value is -1.79. The monoisotopic (exact) mass is 472 g/mol. The van der Waals surface area contributed by atoms with Gasteiger partial charge in [-0.3, -0.25) is 9.69 Å². The number of esters is 1. The van der Waals surface area contributed by atoms with Crippen molar-refractivity contribution >= 4 is 5.97 Å². The van der Waals surface area contributed by atoms with Gasteiger partial charge < -0.3 is 19.9 Å². The van der Waals surface area contributed by atoms with Crippen LogP contribution in [0, 0.1) is 17.8 Å². The zero-order valence-electron chi connectivity index (χ0n) is 21.6. The van der Waals surface area contributed by atoms with Crippen LogP contribution in [-0.2, 0) is 16.0 Å². The SMILES string of the molecule is COc1cc2c(cc1OC)[C@H]1C[C@@H](COC(=O)CC3(N)CCCCC3)[C@H](CC(C)C)CN1CC2. The number of methoxy groups -OCH3 is 2. The topological polar surface area (TPSA) is 74.0 Å². The molecule has 0 amide bonds. The molecule has 0 unspecified atom stereocenters. The Morgan fingerprint density at radius 1 is 1.12 bits per heavy atom. The van der Waals surface area contributed by atoms with Crippen LogP contribution in [0.15, 0.2) is 12.1 Å². The van der Waals surface area contributed by atoms with Gasteiger partial charge in [0.2, 0.25) is 0 Å². The second-order valence-electron chi connectivity index (χ2n) is 11.3. The molecule has 0 radical (unpaired) electrons. The number of benzene rings is 1. The van der Waals surface area contributed by atoms with E-state index >= 15 is 0 Å². The summed E-state index contributed by atoms with van der Waals surface area (Å²) in [5.74, 6) is 2.98. The molecule has 3 atom stereocenters. The number of rotatable bonds is 8. The molecule has 6 heteroatoms. The molecular formula is C28H44N2O4. The third kappa shape index (κ3) is 5.71. The van der Waals surface area contributed by atoms with Crippen LogP contribution in [0.2, 0.25) is 0 Å². The first kappa shape index (κ1) is 25.3. The van der Waals surface area contributed by atoms with Gasteiger partial charge in [-0.25, -0.2) is 0 Å². The molecule has 1 saturated carbocycles. The van der Waals surface area contributed by atoms with E-state index in [2.05, 4.69) is 30.9 Å².